The Kier molecular flexibility index (Phi) is 12.7. The molecule has 0 spiro atoms. The second-order valence-electron chi connectivity index (χ2n) is 14.6. The number of ether oxygens (including phenoxy) is 2. The number of carbonyl (C=O) groups is 2. The topological polar surface area (TPSA) is 112 Å². The quantitative estimate of drug-likeness (QED) is 0.145. The Bertz CT molecular complexity index is 1910. The first-order valence-corrected chi connectivity index (χ1v) is 18.6. The maximum absolute atomic E-state index is 13.1. The van der Waals surface area contributed by atoms with Gasteiger partial charge in [-0.05, 0) is 72.3 Å². The molecule has 7 unspecified atom stereocenters. The van der Waals surface area contributed by atoms with Crippen LogP contribution in [0.15, 0.2) is 103 Å². The van der Waals surface area contributed by atoms with E-state index >= 15 is 0 Å². The molecule has 4 aromatic carbocycles. The van der Waals surface area contributed by atoms with Crippen molar-refractivity contribution in [1.82, 2.24) is 15.1 Å². The van der Waals surface area contributed by atoms with Gasteiger partial charge in [-0.1, -0.05) is 97.9 Å². The molecular weight excluding hydrogens is 711 g/mol. The van der Waals surface area contributed by atoms with Gasteiger partial charge in [0.25, 0.3) is 0 Å². The minimum atomic E-state index is -5.04. The number of benzene rings is 4. The third kappa shape index (κ3) is 9.45. The first kappa shape index (κ1) is 40.1. The molecule has 6 rings (SSSR count). The molecule has 55 heavy (non-hydrogen) atoms. The van der Waals surface area contributed by atoms with Gasteiger partial charge in [-0.15, -0.1) is 0 Å². The van der Waals surface area contributed by atoms with E-state index in [2.05, 4.69) is 17.1 Å². The van der Waals surface area contributed by atoms with E-state index in [9.17, 15) is 33.0 Å². The van der Waals surface area contributed by atoms with E-state index in [-0.39, 0.29) is 50.3 Å². The maximum atomic E-state index is 13.1. The molecule has 9 nitrogen and oxygen atoms in total. The molecule has 0 aromatic heterocycles. The van der Waals surface area contributed by atoms with Crippen molar-refractivity contribution in [2.24, 2.45) is 5.92 Å². The van der Waals surface area contributed by atoms with Gasteiger partial charge in [0.05, 0.1) is 24.9 Å². The lowest BCUT2D eigenvalue weighted by Crippen LogP contribution is -2.50. The Morgan fingerprint density at radius 3 is 2.29 bits per heavy atom. The van der Waals surface area contributed by atoms with Crippen LogP contribution in [0.3, 0.4) is 0 Å². The van der Waals surface area contributed by atoms with Gasteiger partial charge < -0.3 is 29.9 Å². The van der Waals surface area contributed by atoms with Gasteiger partial charge >= 0.3 is 12.1 Å². The normalized spacial score (nSPS) is 22.7. The number of rotatable bonds is 12. The molecule has 0 aliphatic carbocycles. The largest absolute Gasteiger partial charge is 0.471 e. The second-order valence-corrected chi connectivity index (χ2v) is 14.6. The second kappa shape index (κ2) is 17.5. The van der Waals surface area contributed by atoms with Crippen LogP contribution in [0.1, 0.15) is 73.0 Å². The Labute approximate surface area is 319 Å². The minimum absolute atomic E-state index is 0.0649. The van der Waals surface area contributed by atoms with Crippen LogP contribution in [0, 0.1) is 5.92 Å². The third-order valence-corrected chi connectivity index (χ3v) is 10.8. The van der Waals surface area contributed by atoms with Gasteiger partial charge in [0.15, 0.2) is 6.29 Å². The van der Waals surface area contributed by atoms with Crippen molar-refractivity contribution >= 4 is 11.8 Å². The summed E-state index contributed by atoms with van der Waals surface area (Å²) in [6.07, 6.45) is -6.59. The minimum Gasteiger partial charge on any atom is -0.392 e. The predicted octanol–water partition coefficient (Wildman–Crippen LogP) is 6.86. The number of aliphatic hydroxyl groups excluding tert-OH is 2. The van der Waals surface area contributed by atoms with E-state index in [0.717, 1.165) is 38.9 Å². The number of carbonyl (C=O) groups excluding carboxylic acids is 2. The summed E-state index contributed by atoms with van der Waals surface area (Å²) >= 11 is 0. The summed E-state index contributed by atoms with van der Waals surface area (Å²) in [6, 6.07) is 31.2. The zero-order chi connectivity index (χ0) is 39.3. The SMILES string of the molecule is CC1C(CN(C)C(C)C(O)c2ccccc2)OC(c2cccc(-c3cccc(CNC(=O)C4CCCN4C(=O)C(F)(F)F)c3)c2)OC1c1ccc(CO)cc1. The summed E-state index contributed by atoms with van der Waals surface area (Å²) in [7, 11) is 1.98. The number of hydrogen-bond donors (Lipinski definition) is 3. The fraction of sp³-hybridized carbons (Fsp3) is 0.395. The molecule has 4 aromatic rings. The van der Waals surface area contributed by atoms with Gasteiger partial charge in [0.1, 0.15) is 6.04 Å². The third-order valence-electron chi connectivity index (χ3n) is 10.8. The standard InChI is InChI=1S/C43H48F3N3O6/c1-27-37(25-48(3)28(2)38(51)31-11-5-4-6-12-31)54-41(55-39(27)32-19-17-29(26-50)18-20-32)35-15-8-14-34(23-35)33-13-7-10-30(22-33)24-47-40(52)36-16-9-21-49(36)42(53)43(44,45)46/h4-8,10-15,17-20,22-23,27-28,36-39,41,50-51H,9,16,21,24-26H2,1-3H3,(H,47,52). The van der Waals surface area contributed by atoms with E-state index in [0.29, 0.717) is 17.9 Å². The van der Waals surface area contributed by atoms with Gasteiger partial charge in [-0.2, -0.15) is 13.2 Å². The number of alkyl halides is 3. The average Bonchev–Trinajstić information content (AvgIpc) is 3.70. The highest BCUT2D eigenvalue weighted by atomic mass is 19.4. The monoisotopic (exact) mass is 759 g/mol. The summed E-state index contributed by atoms with van der Waals surface area (Å²) in [5.41, 5.74) is 5.84. The molecule has 7 atom stereocenters. The van der Waals surface area contributed by atoms with Crippen molar-refractivity contribution in [3.05, 3.63) is 131 Å². The highest BCUT2D eigenvalue weighted by Crippen LogP contribution is 2.43. The van der Waals surface area contributed by atoms with Crippen molar-refractivity contribution in [2.45, 2.75) is 82.7 Å². The molecule has 12 heteroatoms. The van der Waals surface area contributed by atoms with Gasteiger partial charge in [0, 0.05) is 37.2 Å². The summed E-state index contributed by atoms with van der Waals surface area (Å²) in [5, 5.41) is 23.6. The Balaban J connectivity index is 1.19. The molecule has 2 saturated heterocycles. The zero-order valence-corrected chi connectivity index (χ0v) is 31.2. The van der Waals surface area contributed by atoms with E-state index in [4.69, 9.17) is 9.47 Å². The van der Waals surface area contributed by atoms with Crippen molar-refractivity contribution in [3.63, 3.8) is 0 Å². The molecule has 2 aliphatic heterocycles. The van der Waals surface area contributed by atoms with Crippen LogP contribution in [-0.2, 0) is 32.2 Å². The molecular formula is C43H48F3N3O6. The molecule has 2 amide bonds. The highest BCUT2D eigenvalue weighted by molar-refractivity contribution is 5.90. The van der Waals surface area contributed by atoms with E-state index in [1.54, 1.807) is 0 Å². The van der Waals surface area contributed by atoms with Crippen LogP contribution in [0.25, 0.3) is 11.1 Å². The molecule has 292 valence electrons. The number of amides is 2. The van der Waals surface area contributed by atoms with Crippen LogP contribution in [-0.4, -0.2) is 76.3 Å². The smallest absolute Gasteiger partial charge is 0.392 e. The molecule has 2 heterocycles. The number of nitrogens with zero attached hydrogens (tertiary/aromatic N) is 2. The van der Waals surface area contributed by atoms with E-state index < -0.39 is 36.4 Å². The number of likely N-dealkylation sites (N-methyl/N-ethyl adjacent to an activating group) is 1. The van der Waals surface area contributed by atoms with Crippen molar-refractivity contribution < 1.29 is 42.4 Å². The number of halogens is 3. The Morgan fingerprint density at radius 1 is 0.909 bits per heavy atom. The summed E-state index contributed by atoms with van der Waals surface area (Å²) in [5.74, 6) is -2.68. The van der Waals surface area contributed by atoms with Crippen LogP contribution >= 0.6 is 0 Å². The average molecular weight is 760 g/mol. The summed E-state index contributed by atoms with van der Waals surface area (Å²) < 4.78 is 52.7. The number of likely N-dealkylation sites (tertiary alicyclic amines) is 1. The molecule has 2 aliphatic rings. The highest BCUT2D eigenvalue weighted by Gasteiger charge is 2.47. The lowest BCUT2D eigenvalue weighted by Gasteiger charge is -2.43. The van der Waals surface area contributed by atoms with Crippen LogP contribution in [0.5, 0.6) is 0 Å². The fourth-order valence-corrected chi connectivity index (χ4v) is 7.43. The lowest BCUT2D eigenvalue weighted by atomic mass is 9.89. The maximum Gasteiger partial charge on any atom is 0.471 e. The van der Waals surface area contributed by atoms with Crippen molar-refractivity contribution in [3.8, 4) is 11.1 Å². The van der Waals surface area contributed by atoms with Crippen molar-refractivity contribution in [2.75, 3.05) is 20.1 Å². The van der Waals surface area contributed by atoms with Crippen LogP contribution < -0.4 is 5.32 Å². The molecule has 3 N–H and O–H groups in total. The number of hydrogen-bond acceptors (Lipinski definition) is 7. The molecule has 0 saturated carbocycles. The van der Waals surface area contributed by atoms with E-state index in [1.165, 1.54) is 0 Å². The first-order valence-electron chi connectivity index (χ1n) is 18.6. The van der Waals surface area contributed by atoms with Gasteiger partial charge in [-0.3, -0.25) is 14.5 Å². The predicted molar refractivity (Wildman–Crippen MR) is 201 cm³/mol. The molecule has 0 radical (unpaired) electrons. The summed E-state index contributed by atoms with van der Waals surface area (Å²) in [4.78, 5) is 27.5. The van der Waals surface area contributed by atoms with Crippen LogP contribution in [0.2, 0.25) is 0 Å². The van der Waals surface area contributed by atoms with Gasteiger partial charge in [-0.25, -0.2) is 0 Å². The van der Waals surface area contributed by atoms with E-state index in [1.807, 2.05) is 117 Å². The first-order chi connectivity index (χ1) is 26.3. The Hall–Kier alpha value is -4.59. The molecule has 2 fully saturated rings. The fourth-order valence-electron chi connectivity index (χ4n) is 7.43. The lowest BCUT2D eigenvalue weighted by molar-refractivity contribution is -0.276. The van der Waals surface area contributed by atoms with Crippen molar-refractivity contribution in [1.29, 1.82) is 0 Å². The summed E-state index contributed by atoms with van der Waals surface area (Å²) in [6.45, 7) is 4.51. The molecule has 0 bridgehead atoms. The number of nitrogens with one attached hydrogen (secondary N) is 1. The Morgan fingerprint density at radius 2 is 1.60 bits per heavy atom. The number of aliphatic hydroxyl groups is 2. The van der Waals surface area contributed by atoms with Gasteiger partial charge in [0.2, 0.25) is 5.91 Å². The zero-order valence-electron chi connectivity index (χ0n) is 31.2. The van der Waals surface area contributed by atoms with Crippen LogP contribution in [0.4, 0.5) is 13.2 Å².